The average Bonchev–Trinajstić information content (AvgIpc) is 3.69. The van der Waals surface area contributed by atoms with Crippen molar-refractivity contribution in [1.29, 1.82) is 0 Å². The first-order valence-corrected chi connectivity index (χ1v) is 17.8. The second-order valence-electron chi connectivity index (χ2n) is 11.6. The SMILES string of the molecule is CC(CCn1ncc2cc(C#Cc3ccc(C4(COP(=O)(O)O)CC4)cc3)ccc21)(C(=O)NO[C@@H]1CCCCO1)S(C)(=O)=O. The van der Waals surface area contributed by atoms with Gasteiger partial charge in [-0.25, -0.2) is 23.3 Å². The molecule has 1 aromatic heterocycles. The predicted molar refractivity (Wildman–Crippen MR) is 162 cm³/mol. The van der Waals surface area contributed by atoms with Crippen LogP contribution in [0.1, 0.15) is 62.1 Å². The van der Waals surface area contributed by atoms with E-state index in [1.807, 2.05) is 42.5 Å². The Bertz CT molecular complexity index is 1730. The van der Waals surface area contributed by atoms with Crippen LogP contribution in [0.25, 0.3) is 10.9 Å². The number of nitrogens with zero attached hydrogens (tertiary/aromatic N) is 2. The topological polar surface area (TPSA) is 166 Å². The summed E-state index contributed by atoms with van der Waals surface area (Å²) in [5.41, 5.74) is 5.22. The van der Waals surface area contributed by atoms with Crippen molar-refractivity contribution < 1.29 is 41.7 Å². The van der Waals surface area contributed by atoms with Crippen LogP contribution in [0, 0.1) is 11.8 Å². The fourth-order valence-electron chi connectivity index (χ4n) is 5.09. The maximum absolute atomic E-state index is 13.0. The molecular weight excluding hydrogens is 609 g/mol. The number of hydrogen-bond donors (Lipinski definition) is 3. The van der Waals surface area contributed by atoms with E-state index in [1.54, 1.807) is 10.9 Å². The number of hydrogen-bond acceptors (Lipinski definition) is 8. The normalized spacial score (nSPS) is 19.5. The van der Waals surface area contributed by atoms with Gasteiger partial charge in [0.05, 0.1) is 18.3 Å². The standard InChI is InChI=1S/C30H36N3O9PS/c1-29(44(2,38)39,28(34)32-42-27-5-3-4-18-40-27)16-17-33-26-13-10-23(19-24(26)20-31-33)7-6-22-8-11-25(12-9-22)30(14-15-30)21-41-43(35,36)37/h8-13,19-20,27H,3-5,14-18,21H2,1-2H3,(H,32,34)(H2,35,36,37)/t27-,29?/m1/s1. The molecule has 236 valence electrons. The number of aromatic nitrogens is 2. The summed E-state index contributed by atoms with van der Waals surface area (Å²) in [6.45, 7) is 2.06. The molecule has 5 rings (SSSR count). The highest BCUT2D eigenvalue weighted by molar-refractivity contribution is 7.92. The number of sulfone groups is 1. The molecule has 1 unspecified atom stereocenters. The minimum Gasteiger partial charge on any atom is -0.350 e. The molecule has 1 aliphatic carbocycles. The van der Waals surface area contributed by atoms with E-state index >= 15 is 0 Å². The zero-order valence-electron chi connectivity index (χ0n) is 24.6. The quantitative estimate of drug-likeness (QED) is 0.160. The van der Waals surface area contributed by atoms with Crippen LogP contribution in [0.3, 0.4) is 0 Å². The third-order valence-electron chi connectivity index (χ3n) is 8.37. The van der Waals surface area contributed by atoms with Crippen LogP contribution in [0.15, 0.2) is 48.7 Å². The number of ether oxygens (including phenoxy) is 1. The molecule has 14 heteroatoms. The first kappa shape index (κ1) is 32.3. The molecule has 2 heterocycles. The van der Waals surface area contributed by atoms with E-state index in [9.17, 15) is 17.8 Å². The van der Waals surface area contributed by atoms with Crippen molar-refractivity contribution >= 4 is 34.5 Å². The fourth-order valence-corrected chi connectivity index (χ4v) is 6.34. The van der Waals surface area contributed by atoms with E-state index in [0.29, 0.717) is 13.0 Å². The zero-order valence-corrected chi connectivity index (χ0v) is 26.3. The first-order chi connectivity index (χ1) is 20.8. The second kappa shape index (κ2) is 12.7. The van der Waals surface area contributed by atoms with E-state index in [4.69, 9.17) is 23.9 Å². The summed E-state index contributed by atoms with van der Waals surface area (Å²) in [4.78, 5) is 36.4. The third-order valence-corrected chi connectivity index (χ3v) is 10.9. The van der Waals surface area contributed by atoms with Crippen molar-refractivity contribution in [2.75, 3.05) is 19.5 Å². The molecule has 44 heavy (non-hydrogen) atoms. The lowest BCUT2D eigenvalue weighted by Gasteiger charge is -2.28. The number of phosphoric acid groups is 1. The highest BCUT2D eigenvalue weighted by Gasteiger charge is 2.46. The minimum absolute atomic E-state index is 0.0202. The van der Waals surface area contributed by atoms with Crippen LogP contribution in [0.5, 0.6) is 0 Å². The first-order valence-electron chi connectivity index (χ1n) is 14.3. The molecule has 2 aliphatic rings. The summed E-state index contributed by atoms with van der Waals surface area (Å²) in [5.74, 6) is 5.52. The van der Waals surface area contributed by atoms with Crippen molar-refractivity contribution in [3.63, 3.8) is 0 Å². The molecule has 3 N–H and O–H groups in total. The molecule has 1 amide bonds. The van der Waals surface area contributed by atoms with Crippen molar-refractivity contribution in [3.8, 4) is 11.8 Å². The second-order valence-corrected chi connectivity index (χ2v) is 15.3. The minimum atomic E-state index is -4.52. The van der Waals surface area contributed by atoms with Crippen LogP contribution < -0.4 is 5.48 Å². The van der Waals surface area contributed by atoms with Gasteiger partial charge in [0.15, 0.2) is 20.9 Å². The summed E-state index contributed by atoms with van der Waals surface area (Å²) in [6, 6.07) is 13.2. The Balaban J connectivity index is 1.23. The zero-order chi connectivity index (χ0) is 31.6. The van der Waals surface area contributed by atoms with Crippen LogP contribution in [-0.2, 0) is 45.3 Å². The largest absolute Gasteiger partial charge is 0.469 e. The van der Waals surface area contributed by atoms with E-state index in [0.717, 1.165) is 59.5 Å². The van der Waals surface area contributed by atoms with Gasteiger partial charge >= 0.3 is 7.82 Å². The van der Waals surface area contributed by atoms with Gasteiger partial charge in [-0.05, 0) is 74.9 Å². The molecule has 2 fully saturated rings. The van der Waals surface area contributed by atoms with E-state index in [2.05, 4.69) is 22.4 Å². The summed E-state index contributed by atoms with van der Waals surface area (Å²) < 4.78 is 46.6. The molecule has 1 saturated heterocycles. The van der Waals surface area contributed by atoms with Crippen molar-refractivity contribution in [2.24, 2.45) is 0 Å². The van der Waals surface area contributed by atoms with Crippen molar-refractivity contribution in [3.05, 3.63) is 65.4 Å². The summed E-state index contributed by atoms with van der Waals surface area (Å²) in [6.07, 6.45) is 6.13. The van der Waals surface area contributed by atoms with Gasteiger partial charge in [0.25, 0.3) is 5.91 Å². The summed E-state index contributed by atoms with van der Waals surface area (Å²) >= 11 is 0. The highest BCUT2D eigenvalue weighted by Crippen LogP contribution is 2.51. The average molecular weight is 646 g/mol. The number of carbonyl (C=O) groups is 1. The molecular formula is C30H36N3O9PS. The number of amides is 1. The number of carbonyl (C=O) groups excluding carboxylic acids is 1. The maximum atomic E-state index is 13.0. The lowest BCUT2D eigenvalue weighted by molar-refractivity contribution is -0.201. The van der Waals surface area contributed by atoms with E-state index in [-0.39, 0.29) is 25.0 Å². The van der Waals surface area contributed by atoms with Crippen molar-refractivity contribution in [2.45, 2.75) is 68.4 Å². The van der Waals surface area contributed by atoms with Gasteiger partial charge in [-0.15, -0.1) is 0 Å². The lowest BCUT2D eigenvalue weighted by Crippen LogP contribution is -2.51. The van der Waals surface area contributed by atoms with Gasteiger partial charge in [-0.2, -0.15) is 5.10 Å². The number of benzene rings is 2. The Hall–Kier alpha value is -3.08. The molecule has 0 bridgehead atoms. The highest BCUT2D eigenvalue weighted by atomic mass is 32.2. The Labute approximate surface area is 256 Å². The summed E-state index contributed by atoms with van der Waals surface area (Å²) in [5, 5.41) is 5.23. The molecule has 1 aliphatic heterocycles. The van der Waals surface area contributed by atoms with E-state index < -0.39 is 34.6 Å². The number of fused-ring (bicyclic) bond motifs is 1. The van der Waals surface area contributed by atoms with Gasteiger partial charge in [0.2, 0.25) is 0 Å². The molecule has 3 aromatic rings. The predicted octanol–water partition coefficient (Wildman–Crippen LogP) is 3.34. The van der Waals surface area contributed by atoms with Crippen LogP contribution >= 0.6 is 7.82 Å². The van der Waals surface area contributed by atoms with Crippen LogP contribution in [0.4, 0.5) is 0 Å². The smallest absolute Gasteiger partial charge is 0.350 e. The van der Waals surface area contributed by atoms with Gasteiger partial charge in [-0.3, -0.25) is 14.0 Å². The molecule has 0 radical (unpaired) electrons. The van der Waals surface area contributed by atoms with Gasteiger partial charge in [0, 0.05) is 47.8 Å². The number of phosphoric ester groups is 1. The van der Waals surface area contributed by atoms with E-state index in [1.165, 1.54) is 6.92 Å². The number of hydroxylamine groups is 1. The molecule has 1 saturated carbocycles. The number of aryl methyl sites for hydroxylation is 1. The molecule has 2 aromatic carbocycles. The Morgan fingerprint density at radius 3 is 2.52 bits per heavy atom. The van der Waals surface area contributed by atoms with Gasteiger partial charge in [0.1, 0.15) is 0 Å². The monoisotopic (exact) mass is 645 g/mol. The Kier molecular flexibility index (Phi) is 9.35. The number of rotatable bonds is 11. The number of nitrogens with one attached hydrogen (secondary N) is 1. The van der Waals surface area contributed by atoms with Crippen molar-refractivity contribution in [1.82, 2.24) is 15.3 Å². The maximum Gasteiger partial charge on any atom is 0.469 e. The summed E-state index contributed by atoms with van der Waals surface area (Å²) in [7, 11) is -8.33. The van der Waals surface area contributed by atoms with Gasteiger partial charge in [-0.1, -0.05) is 24.0 Å². The third kappa shape index (κ3) is 7.58. The van der Waals surface area contributed by atoms with Crippen LogP contribution in [0.2, 0.25) is 0 Å². The fraction of sp³-hybridized carbons (Fsp3) is 0.467. The Morgan fingerprint density at radius 1 is 1.18 bits per heavy atom. The lowest BCUT2D eigenvalue weighted by atomic mass is 9.96. The molecule has 2 atom stereocenters. The molecule has 12 nitrogen and oxygen atoms in total. The Morgan fingerprint density at radius 2 is 1.89 bits per heavy atom. The van der Waals surface area contributed by atoms with Gasteiger partial charge < -0.3 is 14.5 Å². The molecule has 0 spiro atoms. The van der Waals surface area contributed by atoms with Crippen LogP contribution in [-0.4, -0.2) is 64.4 Å².